The van der Waals surface area contributed by atoms with Crippen molar-refractivity contribution in [3.63, 3.8) is 0 Å². The van der Waals surface area contributed by atoms with E-state index in [-0.39, 0.29) is 44.0 Å². The third kappa shape index (κ3) is 9.01. The van der Waals surface area contributed by atoms with Crippen LogP contribution in [-0.4, -0.2) is 97.7 Å². The number of carbonyl (C=O) groups excluding carboxylic acids is 4. The molecule has 2 aliphatic carbocycles. The molecule has 17 heteroatoms. The minimum Gasteiger partial charge on any atom is -0.497 e. The number of pyridine rings is 1. The van der Waals surface area contributed by atoms with E-state index in [2.05, 4.69) is 4.72 Å². The fourth-order valence-electron chi connectivity index (χ4n) is 9.50. The van der Waals surface area contributed by atoms with Crippen molar-refractivity contribution in [2.75, 3.05) is 26.9 Å². The lowest BCUT2D eigenvalue weighted by molar-refractivity contribution is -0.174. The summed E-state index contributed by atoms with van der Waals surface area (Å²) in [4.78, 5) is 63.7. The molecule has 3 fully saturated rings. The molecule has 2 saturated carbocycles. The van der Waals surface area contributed by atoms with Crippen LogP contribution in [0.3, 0.4) is 0 Å². The summed E-state index contributed by atoms with van der Waals surface area (Å²) < 4.78 is 92.1. The van der Waals surface area contributed by atoms with Crippen molar-refractivity contribution in [1.29, 1.82) is 0 Å². The highest BCUT2D eigenvalue weighted by Crippen LogP contribution is 2.58. The molecule has 0 radical (unpaired) electrons. The van der Waals surface area contributed by atoms with E-state index < -0.39 is 105 Å². The number of carbonyl (C=O) groups is 4. The van der Waals surface area contributed by atoms with Gasteiger partial charge in [0.1, 0.15) is 23.3 Å². The van der Waals surface area contributed by atoms with Crippen molar-refractivity contribution < 1.29 is 59.7 Å². The first kappa shape index (κ1) is 45.6. The number of amides is 2. The van der Waals surface area contributed by atoms with Crippen molar-refractivity contribution in [2.24, 2.45) is 29.1 Å². The molecule has 2 aromatic rings. The van der Waals surface area contributed by atoms with Crippen LogP contribution in [0.2, 0.25) is 0 Å². The zero-order valence-corrected chi connectivity index (χ0v) is 36.9. The number of rotatable bonds is 12. The van der Waals surface area contributed by atoms with E-state index in [1.54, 1.807) is 13.2 Å². The van der Waals surface area contributed by atoms with Crippen LogP contribution in [0.5, 0.6) is 17.5 Å². The molecule has 0 unspecified atom stereocenters. The average molecular weight is 890 g/mol. The summed E-state index contributed by atoms with van der Waals surface area (Å²) in [5.74, 6) is -3.64. The highest BCUT2D eigenvalue weighted by atomic mass is 32.2. The number of hydrogen-bond donors (Lipinski definition) is 1. The van der Waals surface area contributed by atoms with Crippen LogP contribution in [0.25, 0.3) is 10.8 Å². The standard InChI is InChI=1S/C45H58F3N3O10S/c1-6-27-18-26(2)10-7-8-11-28-22-45(28,42(55)50-62(56,57)44(25-46)15-16-44)23-36(52)35-20-30(24-51(35)40(54)33(27)21-37(53)61-43(3,4)41(47)48)60-39-32-14-13-29(58-5)19-34(32)31-12-9-17-59-38(31)49-39/h8,11,13-14,19,26-28,30,33,35,41H,6-7,9-10,12,15-18,20-25H2,1-5H3,(H,50,55)/b11-8-/t26-,27+,28+,30+,33-,35-,45+/m0/s1. The molecule has 4 heterocycles. The summed E-state index contributed by atoms with van der Waals surface area (Å²) in [6, 6.07) is 4.28. The van der Waals surface area contributed by atoms with Gasteiger partial charge in [-0.05, 0) is 107 Å². The Morgan fingerprint density at radius 2 is 1.90 bits per heavy atom. The Hall–Kier alpha value is -4.41. The summed E-state index contributed by atoms with van der Waals surface area (Å²) >= 11 is 0. The summed E-state index contributed by atoms with van der Waals surface area (Å²) in [5.41, 5.74) is -2.70. The first-order chi connectivity index (χ1) is 29.4. The number of fused-ring (bicyclic) bond motifs is 5. The van der Waals surface area contributed by atoms with Gasteiger partial charge in [0.05, 0.1) is 44.1 Å². The van der Waals surface area contributed by atoms with Gasteiger partial charge in [0.2, 0.25) is 33.6 Å². The summed E-state index contributed by atoms with van der Waals surface area (Å²) in [6.45, 7) is 5.29. The molecule has 1 N–H and O–H groups in total. The van der Waals surface area contributed by atoms with Crippen molar-refractivity contribution >= 4 is 44.4 Å². The zero-order valence-electron chi connectivity index (χ0n) is 36.1. The fraction of sp³-hybridized carbons (Fsp3) is 0.667. The highest BCUT2D eigenvalue weighted by Gasteiger charge is 2.63. The Balaban J connectivity index is 1.26. The molecule has 7 atom stereocenters. The molecule has 62 heavy (non-hydrogen) atoms. The third-order valence-corrected chi connectivity index (χ3v) is 15.9. The van der Waals surface area contributed by atoms with Gasteiger partial charge in [0.25, 0.3) is 6.43 Å². The minimum absolute atomic E-state index is 0.0356. The molecule has 1 saturated heterocycles. The molecular formula is C45H58F3N3O10S. The second kappa shape index (κ2) is 17.6. The smallest absolute Gasteiger partial charge is 0.307 e. The zero-order chi connectivity index (χ0) is 44.8. The van der Waals surface area contributed by atoms with Crippen LogP contribution in [0.1, 0.15) is 104 Å². The van der Waals surface area contributed by atoms with Gasteiger partial charge in [-0.15, -0.1) is 0 Å². The highest BCUT2D eigenvalue weighted by molar-refractivity contribution is 7.91. The number of allylic oxidation sites excluding steroid dienone is 2. The lowest BCUT2D eigenvalue weighted by atomic mass is 9.79. The Morgan fingerprint density at radius 1 is 1.15 bits per heavy atom. The number of ketones is 1. The number of ether oxygens (including phenoxy) is 4. The maximum absolute atomic E-state index is 15.1. The van der Waals surface area contributed by atoms with E-state index in [9.17, 15) is 36.0 Å². The molecule has 1 aromatic carbocycles. The van der Waals surface area contributed by atoms with Crippen LogP contribution < -0.4 is 18.9 Å². The molecular weight excluding hydrogens is 832 g/mol. The van der Waals surface area contributed by atoms with Crippen LogP contribution in [0.15, 0.2) is 30.4 Å². The lowest BCUT2D eigenvalue weighted by Crippen LogP contribution is -2.48. The number of aromatic nitrogens is 1. The molecule has 1 aromatic heterocycles. The average Bonchev–Trinajstić information content (AvgIpc) is 4.14. The number of methoxy groups -OCH3 is 1. The van der Waals surface area contributed by atoms with Crippen molar-refractivity contribution in [3.05, 3.63) is 35.9 Å². The predicted octanol–water partition coefficient (Wildman–Crippen LogP) is 6.83. The van der Waals surface area contributed by atoms with Gasteiger partial charge in [-0.2, -0.15) is 4.98 Å². The quantitative estimate of drug-likeness (QED) is 0.175. The van der Waals surface area contributed by atoms with Gasteiger partial charge in [-0.1, -0.05) is 32.4 Å². The van der Waals surface area contributed by atoms with Gasteiger partial charge in [-0.3, -0.25) is 23.9 Å². The largest absolute Gasteiger partial charge is 0.497 e. The number of benzene rings is 1. The minimum atomic E-state index is -4.41. The number of aryl methyl sites for hydroxylation is 1. The Kier molecular flexibility index (Phi) is 13.0. The number of esters is 1. The molecule has 0 spiro atoms. The first-order valence-corrected chi connectivity index (χ1v) is 23.3. The first-order valence-electron chi connectivity index (χ1n) is 21.8. The topological polar surface area (TPSA) is 168 Å². The predicted molar refractivity (Wildman–Crippen MR) is 222 cm³/mol. The Bertz CT molecular complexity index is 2210. The molecule has 7 rings (SSSR count). The number of alkyl halides is 3. The maximum Gasteiger partial charge on any atom is 0.307 e. The van der Waals surface area contributed by atoms with Crippen LogP contribution in [0, 0.1) is 29.1 Å². The second-order valence-corrected chi connectivity index (χ2v) is 20.7. The third-order valence-electron chi connectivity index (χ3n) is 13.8. The number of Topliss-reactive ketones (excluding diaryl/α,β-unsaturated/α-hetero) is 1. The number of nitrogens with one attached hydrogen (secondary N) is 1. The normalized spacial score (nSPS) is 29.3. The van der Waals surface area contributed by atoms with Crippen molar-refractivity contribution in [1.82, 2.24) is 14.6 Å². The van der Waals surface area contributed by atoms with E-state index in [4.69, 9.17) is 23.9 Å². The van der Waals surface area contributed by atoms with Crippen LogP contribution in [-0.2, 0) is 40.4 Å². The number of hydrogen-bond acceptors (Lipinski definition) is 11. The van der Waals surface area contributed by atoms with Crippen LogP contribution in [0.4, 0.5) is 13.2 Å². The van der Waals surface area contributed by atoms with E-state index in [0.29, 0.717) is 55.7 Å². The summed E-state index contributed by atoms with van der Waals surface area (Å²) in [6.07, 6.45) is 3.00. The second-order valence-electron chi connectivity index (χ2n) is 18.6. The molecule has 3 aliphatic heterocycles. The van der Waals surface area contributed by atoms with Crippen LogP contribution >= 0.6 is 0 Å². The van der Waals surface area contributed by atoms with E-state index >= 15 is 4.79 Å². The lowest BCUT2D eigenvalue weighted by Gasteiger charge is -2.34. The van der Waals surface area contributed by atoms with Crippen molar-refractivity contribution in [2.45, 2.75) is 134 Å². The Labute approximate surface area is 360 Å². The van der Waals surface area contributed by atoms with E-state index in [1.165, 1.54) is 4.90 Å². The monoisotopic (exact) mass is 889 g/mol. The fourth-order valence-corrected chi connectivity index (χ4v) is 11.0. The van der Waals surface area contributed by atoms with Gasteiger partial charge in [0, 0.05) is 23.8 Å². The van der Waals surface area contributed by atoms with Gasteiger partial charge in [0.15, 0.2) is 11.4 Å². The van der Waals surface area contributed by atoms with E-state index in [0.717, 1.165) is 31.2 Å². The van der Waals surface area contributed by atoms with Gasteiger partial charge >= 0.3 is 5.97 Å². The molecule has 340 valence electrons. The van der Waals surface area contributed by atoms with Gasteiger partial charge < -0.3 is 23.8 Å². The molecule has 5 aliphatic rings. The summed E-state index contributed by atoms with van der Waals surface area (Å²) in [5, 5.41) is 1.47. The number of halogens is 3. The summed E-state index contributed by atoms with van der Waals surface area (Å²) in [7, 11) is -2.84. The van der Waals surface area contributed by atoms with Crippen molar-refractivity contribution in [3.8, 4) is 17.5 Å². The SMILES string of the molecule is CC[C@@H]1C[C@@H](C)CC/C=C\[C@@H]2C[C@@]2(C(=O)NS(=O)(=O)C2(CF)CC2)CC(=O)[C@@H]2C[C@@H](Oc3nc4c(c5cc(OC)ccc35)CCCO4)CN2C(=O)[C@H]1CC(=O)OC(C)(C)C(F)F. The Morgan fingerprint density at radius 3 is 2.58 bits per heavy atom. The molecule has 2 amide bonds. The van der Waals surface area contributed by atoms with Gasteiger partial charge in [-0.25, -0.2) is 21.6 Å². The number of sulfonamides is 1. The molecule has 0 bridgehead atoms. The van der Waals surface area contributed by atoms with E-state index in [1.807, 2.05) is 38.1 Å². The maximum atomic E-state index is 15.1. The molecule has 13 nitrogen and oxygen atoms in total. The number of nitrogens with zero attached hydrogens (tertiary/aromatic N) is 2.